The molecule has 3 nitrogen and oxygen atoms in total. The second-order valence-corrected chi connectivity index (χ2v) is 4.57. The molecule has 1 aromatic rings. The molecule has 16 heavy (non-hydrogen) atoms. The topological polar surface area (TPSA) is 30.8 Å². The average Bonchev–Trinajstić information content (AvgIpc) is 2.39. The van der Waals surface area contributed by atoms with Crippen LogP contribution in [0.15, 0.2) is 29.4 Å². The maximum Gasteiger partial charge on any atom is 0.136 e. The molecule has 0 radical (unpaired) electrons. The van der Waals surface area contributed by atoms with Crippen LogP contribution < -0.4 is 4.74 Å². The summed E-state index contributed by atoms with van der Waals surface area (Å²) >= 11 is 2.33. The van der Waals surface area contributed by atoms with Gasteiger partial charge in [0.1, 0.15) is 11.9 Å². The Morgan fingerprint density at radius 1 is 1.56 bits per heavy atom. The summed E-state index contributed by atoms with van der Waals surface area (Å²) < 4.78 is 6.18. The van der Waals surface area contributed by atoms with Crippen molar-refractivity contribution in [3.63, 3.8) is 0 Å². The van der Waals surface area contributed by atoms with Crippen LogP contribution in [0.2, 0.25) is 0 Å². The average molecular weight is 331 g/mol. The molecular formula is C12H14INO2. The first-order valence-corrected chi connectivity index (χ1v) is 6.79. The van der Waals surface area contributed by atoms with Crippen LogP contribution in [0.3, 0.4) is 0 Å². The minimum Gasteiger partial charge on any atom is -0.497 e. The molecule has 1 heterocycles. The Kier molecular flexibility index (Phi) is 4.04. The summed E-state index contributed by atoms with van der Waals surface area (Å²) in [5.41, 5.74) is 2.10. The molecule has 1 unspecified atom stereocenters. The maximum atomic E-state index is 5.41. The molecule has 0 fully saturated rings. The van der Waals surface area contributed by atoms with E-state index in [1.807, 2.05) is 24.3 Å². The highest BCUT2D eigenvalue weighted by molar-refractivity contribution is 14.1. The second-order valence-electron chi connectivity index (χ2n) is 3.69. The van der Waals surface area contributed by atoms with Crippen LogP contribution >= 0.6 is 22.6 Å². The van der Waals surface area contributed by atoms with Crippen LogP contribution in [0.5, 0.6) is 5.75 Å². The molecule has 0 amide bonds. The molecule has 0 saturated carbocycles. The molecule has 1 aromatic carbocycles. The summed E-state index contributed by atoms with van der Waals surface area (Å²) in [4.78, 5) is 5.41. The third kappa shape index (κ3) is 2.66. The van der Waals surface area contributed by atoms with E-state index in [1.165, 1.54) is 0 Å². The summed E-state index contributed by atoms with van der Waals surface area (Å²) in [5.74, 6) is 0.858. The lowest BCUT2D eigenvalue weighted by Gasteiger charge is -2.19. The fraction of sp³-hybridized carbons (Fsp3) is 0.417. The summed E-state index contributed by atoms with van der Waals surface area (Å²) in [6.07, 6.45) is 2.29. The summed E-state index contributed by atoms with van der Waals surface area (Å²) in [6, 6.07) is 7.93. The molecule has 0 aliphatic carbocycles. The van der Waals surface area contributed by atoms with Crippen molar-refractivity contribution in [3.8, 4) is 5.75 Å². The summed E-state index contributed by atoms with van der Waals surface area (Å²) in [6.45, 7) is 0. The van der Waals surface area contributed by atoms with Crippen molar-refractivity contribution in [2.24, 2.45) is 5.16 Å². The van der Waals surface area contributed by atoms with E-state index in [0.717, 1.165) is 34.3 Å². The number of hydrogen-bond donors (Lipinski definition) is 0. The first-order valence-electron chi connectivity index (χ1n) is 5.26. The number of oxime groups is 1. The Labute approximate surface area is 109 Å². The Hall–Kier alpha value is -0.780. The number of hydrogen-bond acceptors (Lipinski definition) is 3. The molecule has 0 N–H and O–H groups in total. The predicted octanol–water partition coefficient (Wildman–Crippen LogP) is 3.01. The van der Waals surface area contributed by atoms with Crippen molar-refractivity contribution in [3.05, 3.63) is 29.8 Å². The molecule has 1 aliphatic heterocycles. The smallest absolute Gasteiger partial charge is 0.136 e. The van der Waals surface area contributed by atoms with Crippen LogP contribution in [0.25, 0.3) is 0 Å². The van der Waals surface area contributed by atoms with Gasteiger partial charge in [-0.3, -0.25) is 0 Å². The molecule has 0 saturated heterocycles. The standard InChI is InChI=1S/C12H14INO2/c1-15-10-4-2-3-9(7-10)12-6-5-11(8-13)16-14-12/h2-4,7,11H,5-6,8H2,1H3. The number of halogens is 1. The number of ether oxygens (including phenoxy) is 1. The largest absolute Gasteiger partial charge is 0.497 e. The Bertz CT molecular complexity index is 392. The van der Waals surface area contributed by atoms with Crippen molar-refractivity contribution in [1.29, 1.82) is 0 Å². The molecule has 86 valence electrons. The normalized spacial score (nSPS) is 19.9. The van der Waals surface area contributed by atoms with E-state index in [0.29, 0.717) is 0 Å². The van der Waals surface area contributed by atoms with Gasteiger partial charge in [-0.25, -0.2) is 0 Å². The monoisotopic (exact) mass is 331 g/mol. The van der Waals surface area contributed by atoms with Gasteiger partial charge in [0, 0.05) is 9.99 Å². The summed E-state index contributed by atoms with van der Waals surface area (Å²) in [7, 11) is 1.67. The molecule has 1 atom stereocenters. The van der Waals surface area contributed by atoms with Gasteiger partial charge in [-0.05, 0) is 25.0 Å². The fourth-order valence-corrected chi connectivity index (χ4v) is 2.24. The number of alkyl halides is 1. The molecular weight excluding hydrogens is 317 g/mol. The molecule has 2 rings (SSSR count). The quantitative estimate of drug-likeness (QED) is 0.630. The van der Waals surface area contributed by atoms with Gasteiger partial charge < -0.3 is 9.57 Å². The van der Waals surface area contributed by atoms with Crippen molar-refractivity contribution < 1.29 is 9.57 Å². The Balaban J connectivity index is 2.15. The third-order valence-electron chi connectivity index (χ3n) is 2.59. The Morgan fingerprint density at radius 2 is 2.44 bits per heavy atom. The predicted molar refractivity (Wildman–Crippen MR) is 72.5 cm³/mol. The first kappa shape index (κ1) is 11.7. The van der Waals surface area contributed by atoms with Crippen molar-refractivity contribution in [2.75, 3.05) is 11.5 Å². The van der Waals surface area contributed by atoms with E-state index >= 15 is 0 Å². The number of rotatable bonds is 3. The maximum absolute atomic E-state index is 5.41. The number of nitrogens with zero attached hydrogens (tertiary/aromatic N) is 1. The fourth-order valence-electron chi connectivity index (χ4n) is 1.64. The van der Waals surface area contributed by atoms with Gasteiger partial charge in [-0.1, -0.05) is 39.9 Å². The zero-order valence-corrected chi connectivity index (χ0v) is 11.3. The van der Waals surface area contributed by atoms with E-state index in [9.17, 15) is 0 Å². The molecule has 4 heteroatoms. The number of methoxy groups -OCH3 is 1. The molecule has 0 spiro atoms. The first-order chi connectivity index (χ1) is 7.83. The lowest BCUT2D eigenvalue weighted by molar-refractivity contribution is 0.0626. The van der Waals surface area contributed by atoms with Gasteiger partial charge in [-0.2, -0.15) is 0 Å². The van der Waals surface area contributed by atoms with Crippen LogP contribution in [-0.2, 0) is 4.84 Å². The van der Waals surface area contributed by atoms with Gasteiger partial charge in [0.05, 0.1) is 12.8 Å². The van der Waals surface area contributed by atoms with E-state index < -0.39 is 0 Å². The summed E-state index contributed by atoms with van der Waals surface area (Å²) in [5, 5.41) is 4.18. The number of benzene rings is 1. The van der Waals surface area contributed by atoms with E-state index in [-0.39, 0.29) is 6.10 Å². The van der Waals surface area contributed by atoms with Gasteiger partial charge in [-0.15, -0.1) is 0 Å². The second kappa shape index (κ2) is 5.52. The Morgan fingerprint density at radius 3 is 3.06 bits per heavy atom. The van der Waals surface area contributed by atoms with E-state index in [1.54, 1.807) is 7.11 Å². The van der Waals surface area contributed by atoms with Gasteiger partial charge in [0.15, 0.2) is 0 Å². The van der Waals surface area contributed by atoms with Crippen molar-refractivity contribution >= 4 is 28.3 Å². The SMILES string of the molecule is COc1cccc(C2=NOC(CI)CC2)c1. The van der Waals surface area contributed by atoms with E-state index in [4.69, 9.17) is 9.57 Å². The van der Waals surface area contributed by atoms with Gasteiger partial charge in [0.25, 0.3) is 0 Å². The van der Waals surface area contributed by atoms with Crippen molar-refractivity contribution in [1.82, 2.24) is 0 Å². The van der Waals surface area contributed by atoms with E-state index in [2.05, 4.69) is 27.7 Å². The third-order valence-corrected chi connectivity index (χ3v) is 3.57. The van der Waals surface area contributed by atoms with Crippen LogP contribution in [0.4, 0.5) is 0 Å². The van der Waals surface area contributed by atoms with Crippen LogP contribution in [-0.4, -0.2) is 23.4 Å². The highest BCUT2D eigenvalue weighted by atomic mass is 127. The lowest BCUT2D eigenvalue weighted by atomic mass is 10.0. The molecule has 1 aliphatic rings. The molecule has 0 bridgehead atoms. The zero-order chi connectivity index (χ0) is 11.4. The highest BCUT2D eigenvalue weighted by Gasteiger charge is 2.17. The lowest BCUT2D eigenvalue weighted by Crippen LogP contribution is -2.20. The highest BCUT2D eigenvalue weighted by Crippen LogP contribution is 2.20. The molecule has 0 aromatic heterocycles. The van der Waals surface area contributed by atoms with Crippen LogP contribution in [0.1, 0.15) is 18.4 Å². The van der Waals surface area contributed by atoms with Crippen molar-refractivity contribution in [2.45, 2.75) is 18.9 Å². The zero-order valence-electron chi connectivity index (χ0n) is 9.15. The minimum atomic E-state index is 0.273. The minimum absolute atomic E-state index is 0.273. The van der Waals surface area contributed by atoms with Gasteiger partial charge >= 0.3 is 0 Å². The van der Waals surface area contributed by atoms with Crippen LogP contribution in [0, 0.1) is 0 Å². The van der Waals surface area contributed by atoms with Gasteiger partial charge in [0.2, 0.25) is 0 Å².